The molecule has 1 aliphatic heterocycles. The van der Waals surface area contributed by atoms with E-state index in [2.05, 4.69) is 25.8 Å². The average molecular weight is 327 g/mol. The van der Waals surface area contributed by atoms with Crippen LogP contribution in [0.15, 0.2) is 22.9 Å². The van der Waals surface area contributed by atoms with Gasteiger partial charge in [-0.25, -0.2) is 0 Å². The Bertz CT molecular complexity index is 462. The molecule has 5 heteroatoms. The maximum atomic E-state index is 12.1. The molecule has 1 unspecified atom stereocenters. The van der Waals surface area contributed by atoms with Crippen LogP contribution >= 0.6 is 27.7 Å². The van der Waals surface area contributed by atoms with Gasteiger partial charge in [-0.05, 0) is 34.8 Å². The molecule has 1 saturated heterocycles. The number of nitrogens with zero attached hydrogens (tertiary/aromatic N) is 2. The van der Waals surface area contributed by atoms with E-state index in [4.69, 9.17) is 0 Å². The number of pyridine rings is 1. The van der Waals surface area contributed by atoms with Crippen molar-refractivity contribution in [2.75, 3.05) is 5.75 Å². The normalized spacial score (nSPS) is 25.1. The van der Waals surface area contributed by atoms with E-state index >= 15 is 0 Å². The highest BCUT2D eigenvalue weighted by atomic mass is 79.9. The highest BCUT2D eigenvalue weighted by Gasteiger charge is 2.39. The van der Waals surface area contributed by atoms with Crippen molar-refractivity contribution in [1.82, 2.24) is 9.88 Å². The average Bonchev–Trinajstić information content (AvgIpc) is 2.98. The lowest BCUT2D eigenvalue weighted by molar-refractivity contribution is -0.130. The zero-order valence-electron chi connectivity index (χ0n) is 10.0. The fourth-order valence-electron chi connectivity index (χ4n) is 2.84. The standard InChI is InChI=1S/C13H15BrN2OS/c14-11-7-15-6-5-10(11)13-16(12(17)8-18-13)9-3-1-2-4-9/h5-7,9,13H,1-4,8H2. The predicted molar refractivity (Wildman–Crippen MR) is 76.2 cm³/mol. The van der Waals surface area contributed by atoms with E-state index in [-0.39, 0.29) is 5.37 Å². The molecule has 2 fully saturated rings. The van der Waals surface area contributed by atoms with Gasteiger partial charge in [0.05, 0.1) is 5.75 Å². The van der Waals surface area contributed by atoms with Crippen molar-refractivity contribution in [1.29, 1.82) is 0 Å². The second kappa shape index (κ2) is 5.21. The number of carbonyl (C=O) groups is 1. The van der Waals surface area contributed by atoms with Crippen molar-refractivity contribution in [2.24, 2.45) is 0 Å². The molecule has 1 aliphatic carbocycles. The summed E-state index contributed by atoms with van der Waals surface area (Å²) in [6.07, 6.45) is 8.44. The highest BCUT2D eigenvalue weighted by Crippen LogP contribution is 2.44. The zero-order chi connectivity index (χ0) is 12.5. The number of amides is 1. The molecule has 0 aromatic carbocycles. The molecule has 96 valence electrons. The van der Waals surface area contributed by atoms with Crippen molar-refractivity contribution in [3.05, 3.63) is 28.5 Å². The van der Waals surface area contributed by atoms with Gasteiger partial charge in [0.25, 0.3) is 0 Å². The van der Waals surface area contributed by atoms with Crippen LogP contribution in [0.1, 0.15) is 36.6 Å². The van der Waals surface area contributed by atoms with E-state index in [9.17, 15) is 4.79 Å². The Balaban J connectivity index is 1.91. The van der Waals surface area contributed by atoms with Gasteiger partial charge in [0.15, 0.2) is 0 Å². The number of hydrogen-bond acceptors (Lipinski definition) is 3. The van der Waals surface area contributed by atoms with Crippen LogP contribution in [0, 0.1) is 0 Å². The first-order chi connectivity index (χ1) is 8.77. The predicted octanol–water partition coefficient (Wildman–Crippen LogP) is 3.36. The SMILES string of the molecule is O=C1CSC(c2ccncc2Br)N1C1CCCC1. The topological polar surface area (TPSA) is 33.2 Å². The van der Waals surface area contributed by atoms with Gasteiger partial charge in [-0.1, -0.05) is 12.8 Å². The van der Waals surface area contributed by atoms with Crippen molar-refractivity contribution in [3.8, 4) is 0 Å². The molecule has 18 heavy (non-hydrogen) atoms. The summed E-state index contributed by atoms with van der Waals surface area (Å²) in [5.41, 5.74) is 1.17. The number of hydrogen-bond donors (Lipinski definition) is 0. The summed E-state index contributed by atoms with van der Waals surface area (Å²) < 4.78 is 1.00. The van der Waals surface area contributed by atoms with E-state index in [1.54, 1.807) is 18.0 Å². The Hall–Kier alpha value is -0.550. The van der Waals surface area contributed by atoms with Crippen LogP contribution in [0.2, 0.25) is 0 Å². The zero-order valence-corrected chi connectivity index (χ0v) is 12.4. The first-order valence-corrected chi connectivity index (χ1v) is 8.14. The molecule has 2 aliphatic rings. The minimum absolute atomic E-state index is 0.165. The molecule has 0 spiro atoms. The third-order valence-corrected chi connectivity index (χ3v) is 5.57. The molecule has 0 radical (unpaired) electrons. The van der Waals surface area contributed by atoms with Crippen LogP contribution < -0.4 is 0 Å². The number of halogens is 1. The summed E-state index contributed by atoms with van der Waals surface area (Å²) in [5.74, 6) is 0.899. The van der Waals surface area contributed by atoms with Gasteiger partial charge in [-0.3, -0.25) is 9.78 Å². The van der Waals surface area contributed by atoms with E-state index in [1.807, 2.05) is 12.3 Å². The Kier molecular flexibility index (Phi) is 3.61. The molecule has 1 aromatic heterocycles. The summed E-state index contributed by atoms with van der Waals surface area (Å²) in [7, 11) is 0. The molecule has 1 saturated carbocycles. The molecular weight excluding hydrogens is 312 g/mol. The van der Waals surface area contributed by atoms with Crippen LogP contribution in [0.25, 0.3) is 0 Å². The van der Waals surface area contributed by atoms with Gasteiger partial charge < -0.3 is 4.90 Å². The molecule has 3 nitrogen and oxygen atoms in total. The summed E-state index contributed by atoms with van der Waals surface area (Å²) in [6.45, 7) is 0. The largest absolute Gasteiger partial charge is 0.323 e. The Morgan fingerprint density at radius 2 is 2.17 bits per heavy atom. The third-order valence-electron chi connectivity index (χ3n) is 3.69. The van der Waals surface area contributed by atoms with Crippen molar-refractivity contribution in [3.63, 3.8) is 0 Å². The van der Waals surface area contributed by atoms with Crippen LogP contribution in [0.3, 0.4) is 0 Å². The van der Waals surface area contributed by atoms with Gasteiger partial charge in [-0.2, -0.15) is 0 Å². The number of thioether (sulfide) groups is 1. The van der Waals surface area contributed by atoms with Gasteiger partial charge in [-0.15, -0.1) is 11.8 Å². The molecule has 1 aromatic rings. The van der Waals surface area contributed by atoms with Gasteiger partial charge in [0.1, 0.15) is 5.37 Å². The molecule has 0 bridgehead atoms. The highest BCUT2D eigenvalue weighted by molar-refractivity contribution is 9.10. The maximum Gasteiger partial charge on any atom is 0.234 e. The molecular formula is C13H15BrN2OS. The lowest BCUT2D eigenvalue weighted by Gasteiger charge is -2.30. The molecule has 1 amide bonds. The Morgan fingerprint density at radius 3 is 2.89 bits per heavy atom. The van der Waals surface area contributed by atoms with Crippen LogP contribution in [-0.2, 0) is 4.79 Å². The van der Waals surface area contributed by atoms with E-state index in [1.165, 1.54) is 18.4 Å². The molecule has 3 rings (SSSR count). The maximum absolute atomic E-state index is 12.1. The fourth-order valence-corrected chi connectivity index (χ4v) is 4.74. The van der Waals surface area contributed by atoms with Gasteiger partial charge in [0, 0.05) is 28.5 Å². The second-order valence-electron chi connectivity index (χ2n) is 4.80. The monoisotopic (exact) mass is 326 g/mol. The number of carbonyl (C=O) groups excluding carboxylic acids is 1. The quantitative estimate of drug-likeness (QED) is 0.835. The van der Waals surface area contributed by atoms with Crippen molar-refractivity contribution in [2.45, 2.75) is 37.1 Å². The van der Waals surface area contributed by atoms with Crippen LogP contribution in [0.5, 0.6) is 0 Å². The lowest BCUT2D eigenvalue weighted by atomic mass is 10.1. The number of rotatable bonds is 2. The Labute approximate surface area is 119 Å². The summed E-state index contributed by atoms with van der Waals surface area (Å²) in [6, 6.07) is 2.46. The first kappa shape index (κ1) is 12.5. The lowest BCUT2D eigenvalue weighted by Crippen LogP contribution is -2.36. The third kappa shape index (κ3) is 2.18. The van der Waals surface area contributed by atoms with Crippen molar-refractivity contribution >= 4 is 33.6 Å². The van der Waals surface area contributed by atoms with Crippen LogP contribution in [0.4, 0.5) is 0 Å². The van der Waals surface area contributed by atoms with Gasteiger partial charge in [0.2, 0.25) is 5.91 Å². The van der Waals surface area contributed by atoms with Gasteiger partial charge >= 0.3 is 0 Å². The van der Waals surface area contributed by atoms with E-state index < -0.39 is 0 Å². The first-order valence-electron chi connectivity index (χ1n) is 6.29. The Morgan fingerprint density at radius 1 is 1.39 bits per heavy atom. The van der Waals surface area contributed by atoms with E-state index in [0.29, 0.717) is 17.7 Å². The minimum atomic E-state index is 0.165. The smallest absolute Gasteiger partial charge is 0.234 e. The van der Waals surface area contributed by atoms with Crippen LogP contribution in [-0.4, -0.2) is 27.6 Å². The summed E-state index contributed by atoms with van der Waals surface area (Å²) in [4.78, 5) is 18.3. The summed E-state index contributed by atoms with van der Waals surface area (Å²) in [5, 5.41) is 0.165. The van der Waals surface area contributed by atoms with Crippen molar-refractivity contribution < 1.29 is 4.79 Å². The molecule has 1 atom stereocenters. The van der Waals surface area contributed by atoms with E-state index in [0.717, 1.165) is 17.3 Å². The molecule has 0 N–H and O–H groups in total. The second-order valence-corrected chi connectivity index (χ2v) is 6.72. The molecule has 2 heterocycles. The minimum Gasteiger partial charge on any atom is -0.323 e. The fraction of sp³-hybridized carbons (Fsp3) is 0.538. The number of aromatic nitrogens is 1. The summed E-state index contributed by atoms with van der Waals surface area (Å²) >= 11 is 5.28.